The molecule has 0 aliphatic carbocycles. The van der Waals surface area contributed by atoms with Crippen LogP contribution in [-0.2, 0) is 19.1 Å². The van der Waals surface area contributed by atoms with Crippen molar-refractivity contribution in [2.75, 3.05) is 13.2 Å². The lowest BCUT2D eigenvalue weighted by atomic mass is 10.4. The summed E-state index contributed by atoms with van der Waals surface area (Å²) in [6.45, 7) is 6.53. The van der Waals surface area contributed by atoms with Crippen LogP contribution in [0.5, 0.6) is 0 Å². The van der Waals surface area contributed by atoms with E-state index in [0.29, 0.717) is 0 Å². The van der Waals surface area contributed by atoms with Crippen molar-refractivity contribution in [1.29, 1.82) is 0 Å². The van der Waals surface area contributed by atoms with Gasteiger partial charge in [-0.1, -0.05) is 13.2 Å². The van der Waals surface area contributed by atoms with Crippen molar-refractivity contribution >= 4 is 11.8 Å². The van der Waals surface area contributed by atoms with E-state index in [4.69, 9.17) is 4.74 Å². The summed E-state index contributed by atoms with van der Waals surface area (Å²) < 4.78 is 9.38. The molecule has 0 unspecified atom stereocenters. The molecule has 76 valence electrons. The van der Waals surface area contributed by atoms with Crippen LogP contribution in [0.15, 0.2) is 37.6 Å². The maximum absolute atomic E-state index is 10.6. The third-order valence-corrected chi connectivity index (χ3v) is 1.13. The van der Waals surface area contributed by atoms with Crippen LogP contribution in [-0.4, -0.2) is 25.0 Å². The Kier molecular flexibility index (Phi) is 6.77. The quantitative estimate of drug-likeness (QED) is 0.346. The summed E-state index contributed by atoms with van der Waals surface area (Å²) in [5.41, 5.74) is 0. The molecule has 0 aliphatic heterocycles. The summed E-state index contributed by atoms with van der Waals surface area (Å²) in [5.74, 6) is -0.713. The van der Waals surface area contributed by atoms with Gasteiger partial charge in [0.1, 0.15) is 13.2 Å². The SMILES string of the molecule is C=CC(=O)CO/C=C\COC(=O)C=C. The molecule has 4 heteroatoms. The number of ketones is 1. The number of ether oxygens (including phenoxy) is 2. The van der Waals surface area contributed by atoms with E-state index >= 15 is 0 Å². The van der Waals surface area contributed by atoms with Crippen LogP contribution in [0, 0.1) is 0 Å². The lowest BCUT2D eigenvalue weighted by Gasteiger charge is -1.97. The minimum Gasteiger partial charge on any atom is -0.493 e. The lowest BCUT2D eigenvalue weighted by Crippen LogP contribution is -2.02. The van der Waals surface area contributed by atoms with Crippen molar-refractivity contribution in [3.63, 3.8) is 0 Å². The van der Waals surface area contributed by atoms with Crippen LogP contribution in [0.25, 0.3) is 0 Å². The molecule has 0 amide bonds. The number of esters is 1. The summed E-state index contributed by atoms with van der Waals surface area (Å²) in [5, 5.41) is 0. The molecule has 0 saturated carbocycles. The molecule has 14 heavy (non-hydrogen) atoms. The van der Waals surface area contributed by atoms with Crippen LogP contribution >= 0.6 is 0 Å². The van der Waals surface area contributed by atoms with Crippen LogP contribution in [0.3, 0.4) is 0 Å². The molecule has 4 nitrogen and oxygen atoms in total. The Bertz CT molecular complexity index is 227. The highest BCUT2D eigenvalue weighted by atomic mass is 16.5. The highest BCUT2D eigenvalue weighted by Gasteiger charge is 1.92. The largest absolute Gasteiger partial charge is 0.493 e. The summed E-state index contributed by atoms with van der Waals surface area (Å²) in [7, 11) is 0. The van der Waals surface area contributed by atoms with Gasteiger partial charge < -0.3 is 9.47 Å². The van der Waals surface area contributed by atoms with Crippen molar-refractivity contribution < 1.29 is 19.1 Å². The first-order chi connectivity index (χ1) is 6.70. The van der Waals surface area contributed by atoms with Crippen LogP contribution in [0.1, 0.15) is 0 Å². The Balaban J connectivity index is 3.45. The van der Waals surface area contributed by atoms with Crippen molar-refractivity contribution in [1.82, 2.24) is 0 Å². The predicted molar refractivity (Wildman–Crippen MR) is 51.5 cm³/mol. The van der Waals surface area contributed by atoms with E-state index in [0.717, 1.165) is 6.08 Å². The Morgan fingerprint density at radius 3 is 2.50 bits per heavy atom. The monoisotopic (exact) mass is 196 g/mol. The van der Waals surface area contributed by atoms with Gasteiger partial charge in [-0.2, -0.15) is 0 Å². The highest BCUT2D eigenvalue weighted by Crippen LogP contribution is 1.84. The third kappa shape index (κ3) is 6.84. The zero-order valence-electron chi connectivity index (χ0n) is 7.77. The van der Waals surface area contributed by atoms with Gasteiger partial charge >= 0.3 is 5.97 Å². The molecule has 0 bridgehead atoms. The van der Waals surface area contributed by atoms with Gasteiger partial charge in [-0.15, -0.1) is 0 Å². The molecule has 0 saturated heterocycles. The highest BCUT2D eigenvalue weighted by molar-refractivity contribution is 5.90. The first-order valence-corrected chi connectivity index (χ1v) is 3.91. The maximum atomic E-state index is 10.6. The summed E-state index contributed by atoms with van der Waals surface area (Å²) in [6.07, 6.45) is 5.00. The second-order valence-electron chi connectivity index (χ2n) is 2.19. The van der Waals surface area contributed by atoms with Crippen LogP contribution in [0.4, 0.5) is 0 Å². The second kappa shape index (κ2) is 7.79. The minimum absolute atomic E-state index is 0.0601. The Morgan fingerprint density at radius 2 is 1.93 bits per heavy atom. The Morgan fingerprint density at radius 1 is 1.21 bits per heavy atom. The Hall–Kier alpha value is -1.84. The molecule has 0 aliphatic rings. The van der Waals surface area contributed by atoms with Crippen molar-refractivity contribution in [2.45, 2.75) is 0 Å². The topological polar surface area (TPSA) is 52.6 Å². The van der Waals surface area contributed by atoms with E-state index in [9.17, 15) is 9.59 Å². The number of hydrogen-bond donors (Lipinski definition) is 0. The fraction of sp³-hybridized carbons (Fsp3) is 0.200. The van der Waals surface area contributed by atoms with Gasteiger partial charge in [0.05, 0.1) is 6.26 Å². The van der Waals surface area contributed by atoms with Crippen molar-refractivity contribution in [3.05, 3.63) is 37.6 Å². The summed E-state index contributed by atoms with van der Waals surface area (Å²) in [4.78, 5) is 21.1. The molecule has 0 spiro atoms. The number of carbonyl (C=O) groups is 2. The molecule has 0 heterocycles. The molecule has 0 rings (SSSR count). The molecular formula is C10H12O4. The van der Waals surface area contributed by atoms with E-state index in [2.05, 4.69) is 17.9 Å². The minimum atomic E-state index is -0.503. The molecule has 0 aromatic carbocycles. The number of hydrogen-bond acceptors (Lipinski definition) is 4. The smallest absolute Gasteiger partial charge is 0.330 e. The molecule has 0 radical (unpaired) electrons. The average molecular weight is 196 g/mol. The summed E-state index contributed by atoms with van der Waals surface area (Å²) in [6, 6.07) is 0. The normalized spacial score (nSPS) is 9.43. The fourth-order valence-electron chi connectivity index (χ4n) is 0.486. The zero-order chi connectivity index (χ0) is 10.8. The van der Waals surface area contributed by atoms with Gasteiger partial charge in [0, 0.05) is 6.08 Å². The average Bonchev–Trinajstić information content (AvgIpc) is 2.22. The lowest BCUT2D eigenvalue weighted by molar-refractivity contribution is -0.136. The van der Waals surface area contributed by atoms with Crippen molar-refractivity contribution in [3.8, 4) is 0 Å². The Labute approximate surface area is 82.5 Å². The molecule has 0 aromatic heterocycles. The predicted octanol–water partition coefficient (Wildman–Crippen LogP) is 1.00. The molecule has 0 N–H and O–H groups in total. The van der Waals surface area contributed by atoms with Gasteiger partial charge in [0.15, 0.2) is 5.78 Å². The summed E-state index contributed by atoms with van der Waals surface area (Å²) >= 11 is 0. The second-order valence-corrected chi connectivity index (χ2v) is 2.19. The molecule has 0 atom stereocenters. The zero-order valence-corrected chi connectivity index (χ0v) is 7.77. The molecular weight excluding hydrogens is 184 g/mol. The van der Waals surface area contributed by atoms with Crippen molar-refractivity contribution in [2.24, 2.45) is 0 Å². The van der Waals surface area contributed by atoms with E-state index < -0.39 is 5.97 Å². The van der Waals surface area contributed by atoms with Gasteiger partial charge in [0.25, 0.3) is 0 Å². The van der Waals surface area contributed by atoms with Gasteiger partial charge in [-0.05, 0) is 12.2 Å². The van der Waals surface area contributed by atoms with Crippen LogP contribution in [0.2, 0.25) is 0 Å². The maximum Gasteiger partial charge on any atom is 0.330 e. The third-order valence-electron chi connectivity index (χ3n) is 1.13. The standard InChI is InChI=1S/C10H12O4/c1-3-9(11)8-13-6-5-7-14-10(12)4-2/h3-6H,1-2,7-8H2/b6-5-. The number of rotatable bonds is 7. The first kappa shape index (κ1) is 12.2. The van der Waals surface area contributed by atoms with E-state index in [-0.39, 0.29) is 19.0 Å². The number of carbonyl (C=O) groups excluding carboxylic acids is 2. The molecule has 0 aromatic rings. The van der Waals surface area contributed by atoms with Gasteiger partial charge in [-0.3, -0.25) is 4.79 Å². The van der Waals surface area contributed by atoms with Crippen LogP contribution < -0.4 is 0 Å². The van der Waals surface area contributed by atoms with E-state index in [1.807, 2.05) is 0 Å². The molecule has 0 fully saturated rings. The van der Waals surface area contributed by atoms with Gasteiger partial charge in [-0.25, -0.2) is 4.79 Å². The van der Waals surface area contributed by atoms with E-state index in [1.54, 1.807) is 0 Å². The fourth-order valence-corrected chi connectivity index (χ4v) is 0.486. The van der Waals surface area contributed by atoms with Gasteiger partial charge in [0.2, 0.25) is 0 Å². The first-order valence-electron chi connectivity index (χ1n) is 3.91. The van der Waals surface area contributed by atoms with E-state index in [1.165, 1.54) is 18.4 Å².